The quantitative estimate of drug-likeness (QED) is 0.409. The zero-order valence-electron chi connectivity index (χ0n) is 15.2. The van der Waals surface area contributed by atoms with E-state index in [1.54, 1.807) is 16.2 Å². The van der Waals surface area contributed by atoms with Crippen molar-refractivity contribution in [1.82, 2.24) is 9.97 Å². The van der Waals surface area contributed by atoms with Crippen LogP contribution in [0.2, 0.25) is 0 Å². The normalized spacial score (nSPS) is 16.2. The van der Waals surface area contributed by atoms with Crippen LogP contribution in [0.3, 0.4) is 0 Å². The third-order valence-electron chi connectivity index (χ3n) is 4.90. The molecule has 28 heavy (non-hydrogen) atoms. The summed E-state index contributed by atoms with van der Waals surface area (Å²) in [4.78, 5) is 23.5. The first-order valence-corrected chi connectivity index (χ1v) is 10.8. The van der Waals surface area contributed by atoms with E-state index >= 15 is 0 Å². The summed E-state index contributed by atoms with van der Waals surface area (Å²) in [5.74, 6) is 0.120. The Balaban J connectivity index is 1.41. The Morgan fingerprint density at radius 3 is 2.43 bits per heavy atom. The highest BCUT2D eigenvalue weighted by molar-refractivity contribution is 7.16. The van der Waals surface area contributed by atoms with Crippen molar-refractivity contribution in [1.29, 1.82) is 0 Å². The molecule has 1 aliphatic heterocycles. The van der Waals surface area contributed by atoms with Gasteiger partial charge in [-0.1, -0.05) is 60.2 Å². The van der Waals surface area contributed by atoms with Gasteiger partial charge < -0.3 is 0 Å². The molecule has 138 valence electrons. The standard InChI is InChI=1S/C22H17N3OS2/c1-14-7-9-15(10-8-14)17-12-27-21(23-17)18-13-28-22(24-18)25-19(11-20(25)26)16-5-3-2-4-6-16/h2-10,12-13,19H,11H2,1H3. The first-order valence-electron chi connectivity index (χ1n) is 9.04. The van der Waals surface area contributed by atoms with Crippen LogP contribution in [0.5, 0.6) is 0 Å². The first kappa shape index (κ1) is 17.3. The molecule has 5 rings (SSSR count). The van der Waals surface area contributed by atoms with Crippen molar-refractivity contribution in [3.8, 4) is 22.0 Å². The van der Waals surface area contributed by atoms with Gasteiger partial charge in [-0.25, -0.2) is 9.97 Å². The van der Waals surface area contributed by atoms with Crippen LogP contribution in [0, 0.1) is 6.92 Å². The summed E-state index contributed by atoms with van der Waals surface area (Å²) in [5, 5.41) is 5.66. The van der Waals surface area contributed by atoms with Crippen molar-refractivity contribution >= 4 is 33.7 Å². The number of carbonyl (C=O) groups excluding carboxylic acids is 1. The molecule has 1 aliphatic rings. The molecular weight excluding hydrogens is 386 g/mol. The number of anilines is 1. The predicted molar refractivity (Wildman–Crippen MR) is 115 cm³/mol. The smallest absolute Gasteiger partial charge is 0.231 e. The van der Waals surface area contributed by atoms with Crippen LogP contribution in [0.25, 0.3) is 22.0 Å². The second-order valence-corrected chi connectivity index (χ2v) is 8.51. The van der Waals surface area contributed by atoms with Crippen molar-refractivity contribution in [2.45, 2.75) is 19.4 Å². The van der Waals surface area contributed by atoms with Crippen molar-refractivity contribution in [3.63, 3.8) is 0 Å². The van der Waals surface area contributed by atoms with Crippen LogP contribution < -0.4 is 4.90 Å². The minimum atomic E-state index is 0.0760. The Morgan fingerprint density at radius 1 is 0.929 bits per heavy atom. The molecule has 0 spiro atoms. The van der Waals surface area contributed by atoms with Gasteiger partial charge in [-0.2, -0.15) is 0 Å². The van der Waals surface area contributed by atoms with E-state index in [0.717, 1.165) is 32.7 Å². The Kier molecular flexibility index (Phi) is 4.30. The van der Waals surface area contributed by atoms with E-state index in [0.29, 0.717) is 6.42 Å². The monoisotopic (exact) mass is 403 g/mol. The molecular formula is C22H17N3OS2. The molecule has 1 saturated heterocycles. The highest BCUT2D eigenvalue weighted by Crippen LogP contribution is 2.41. The molecule has 0 N–H and O–H groups in total. The number of carbonyl (C=O) groups is 1. The van der Waals surface area contributed by atoms with E-state index in [1.807, 2.05) is 23.6 Å². The molecule has 1 unspecified atom stereocenters. The second-order valence-electron chi connectivity index (χ2n) is 6.81. The molecule has 2 aromatic heterocycles. The maximum atomic E-state index is 12.3. The van der Waals surface area contributed by atoms with Crippen LogP contribution in [0.1, 0.15) is 23.6 Å². The molecule has 3 heterocycles. The fraction of sp³-hybridized carbons (Fsp3) is 0.136. The summed E-state index contributed by atoms with van der Waals surface area (Å²) >= 11 is 3.08. The largest absolute Gasteiger partial charge is 0.280 e. The van der Waals surface area contributed by atoms with E-state index in [2.05, 4.69) is 48.7 Å². The zero-order valence-corrected chi connectivity index (χ0v) is 16.8. The van der Waals surface area contributed by atoms with Crippen LogP contribution in [-0.2, 0) is 4.79 Å². The van der Waals surface area contributed by atoms with Gasteiger partial charge in [0.1, 0.15) is 10.7 Å². The van der Waals surface area contributed by atoms with Gasteiger partial charge in [-0.3, -0.25) is 9.69 Å². The minimum Gasteiger partial charge on any atom is -0.280 e. The van der Waals surface area contributed by atoms with Crippen molar-refractivity contribution in [2.75, 3.05) is 4.90 Å². The minimum absolute atomic E-state index is 0.0760. The Labute approximate surface area is 171 Å². The van der Waals surface area contributed by atoms with E-state index in [1.165, 1.54) is 16.9 Å². The number of benzene rings is 2. The number of amides is 1. The number of thiazole rings is 2. The fourth-order valence-corrected chi connectivity index (χ4v) is 5.06. The maximum absolute atomic E-state index is 12.3. The summed E-state index contributed by atoms with van der Waals surface area (Å²) in [6.07, 6.45) is 0.535. The lowest BCUT2D eigenvalue weighted by atomic mass is 9.95. The molecule has 6 heteroatoms. The average molecular weight is 404 g/mol. The summed E-state index contributed by atoms with van der Waals surface area (Å²) < 4.78 is 0. The lowest BCUT2D eigenvalue weighted by molar-refractivity contribution is -0.124. The van der Waals surface area contributed by atoms with E-state index in [4.69, 9.17) is 9.97 Å². The topological polar surface area (TPSA) is 46.1 Å². The number of hydrogen-bond acceptors (Lipinski definition) is 5. The number of rotatable bonds is 4. The van der Waals surface area contributed by atoms with Crippen molar-refractivity contribution in [2.24, 2.45) is 0 Å². The Morgan fingerprint density at radius 2 is 1.68 bits per heavy atom. The predicted octanol–water partition coefficient (Wildman–Crippen LogP) is 5.72. The van der Waals surface area contributed by atoms with E-state index in [9.17, 15) is 4.79 Å². The summed E-state index contributed by atoms with van der Waals surface area (Å²) in [6, 6.07) is 18.6. The van der Waals surface area contributed by atoms with Gasteiger partial charge in [0.05, 0.1) is 18.2 Å². The number of β-lactam (4-membered cyclic amide) rings is 1. The average Bonchev–Trinajstić information content (AvgIpc) is 3.37. The third-order valence-corrected chi connectivity index (χ3v) is 6.61. The van der Waals surface area contributed by atoms with Crippen LogP contribution >= 0.6 is 22.7 Å². The molecule has 1 atom stereocenters. The van der Waals surface area contributed by atoms with E-state index in [-0.39, 0.29) is 11.9 Å². The van der Waals surface area contributed by atoms with Crippen LogP contribution in [0.4, 0.5) is 5.13 Å². The second kappa shape index (κ2) is 6.96. The lowest BCUT2D eigenvalue weighted by Crippen LogP contribution is -2.46. The molecule has 2 aromatic carbocycles. The van der Waals surface area contributed by atoms with Gasteiger partial charge in [0.15, 0.2) is 5.13 Å². The highest BCUT2D eigenvalue weighted by atomic mass is 32.1. The maximum Gasteiger partial charge on any atom is 0.231 e. The number of aromatic nitrogens is 2. The number of hydrogen-bond donors (Lipinski definition) is 0. The molecule has 1 fully saturated rings. The SMILES string of the molecule is Cc1ccc(-c2csc(-c3csc(N4C(=O)CC4c4ccccc4)n3)n2)cc1. The number of aryl methyl sites for hydroxylation is 1. The van der Waals surface area contributed by atoms with Crippen molar-refractivity contribution < 1.29 is 4.79 Å². The lowest BCUT2D eigenvalue weighted by Gasteiger charge is -2.38. The van der Waals surface area contributed by atoms with Crippen LogP contribution in [0.15, 0.2) is 65.4 Å². The summed E-state index contributed by atoms with van der Waals surface area (Å²) in [7, 11) is 0. The summed E-state index contributed by atoms with van der Waals surface area (Å²) in [6.45, 7) is 2.08. The molecule has 0 aliphatic carbocycles. The third kappa shape index (κ3) is 3.04. The molecule has 0 saturated carbocycles. The van der Waals surface area contributed by atoms with Crippen molar-refractivity contribution in [3.05, 3.63) is 76.5 Å². The van der Waals surface area contributed by atoms with Gasteiger partial charge in [0.25, 0.3) is 0 Å². The molecule has 0 radical (unpaired) electrons. The van der Waals surface area contributed by atoms with Gasteiger partial charge in [0.2, 0.25) is 5.91 Å². The van der Waals surface area contributed by atoms with Gasteiger partial charge in [-0.15, -0.1) is 22.7 Å². The van der Waals surface area contributed by atoms with Gasteiger partial charge in [0, 0.05) is 16.3 Å². The molecule has 4 aromatic rings. The summed E-state index contributed by atoms with van der Waals surface area (Å²) in [5.41, 5.74) is 5.27. The van der Waals surface area contributed by atoms with Crippen LogP contribution in [-0.4, -0.2) is 15.9 Å². The molecule has 0 bridgehead atoms. The fourth-order valence-electron chi connectivity index (χ4n) is 3.32. The van der Waals surface area contributed by atoms with Gasteiger partial charge in [-0.05, 0) is 12.5 Å². The van der Waals surface area contributed by atoms with E-state index < -0.39 is 0 Å². The first-order chi connectivity index (χ1) is 13.7. The Bertz CT molecular complexity index is 1130. The highest BCUT2D eigenvalue weighted by Gasteiger charge is 2.40. The Hall–Kier alpha value is -2.83. The number of nitrogens with zero attached hydrogens (tertiary/aromatic N) is 3. The molecule has 4 nitrogen and oxygen atoms in total. The van der Waals surface area contributed by atoms with Gasteiger partial charge >= 0.3 is 0 Å². The zero-order chi connectivity index (χ0) is 19.1. The molecule has 1 amide bonds.